The van der Waals surface area contributed by atoms with Crippen molar-refractivity contribution in [3.63, 3.8) is 0 Å². The highest BCUT2D eigenvalue weighted by molar-refractivity contribution is 5.54. The van der Waals surface area contributed by atoms with E-state index < -0.39 is 0 Å². The Morgan fingerprint density at radius 3 is 3.09 bits per heavy atom. The van der Waals surface area contributed by atoms with Crippen LogP contribution in [0.1, 0.15) is 24.1 Å². The largest absolute Gasteiger partial charge is 0.398 e. The van der Waals surface area contributed by atoms with E-state index >= 15 is 0 Å². The Morgan fingerprint density at radius 2 is 2.36 bits per heavy atom. The first kappa shape index (κ1) is 6.68. The molecule has 58 valence electrons. The molecule has 1 atom stereocenters. The number of nitrogens with two attached hydrogens (primary N) is 1. The van der Waals surface area contributed by atoms with Crippen LogP contribution < -0.4 is 11.1 Å². The molecule has 2 nitrogen and oxygen atoms in total. The lowest BCUT2D eigenvalue weighted by molar-refractivity contribution is 0.634. The van der Waals surface area contributed by atoms with E-state index in [-0.39, 0.29) is 0 Å². The molecular weight excluding hydrogens is 136 g/mol. The van der Waals surface area contributed by atoms with E-state index in [9.17, 15) is 0 Å². The summed E-state index contributed by atoms with van der Waals surface area (Å²) in [5.41, 5.74) is 9.37. The van der Waals surface area contributed by atoms with Gasteiger partial charge in [0, 0.05) is 18.3 Å². The highest BCUT2D eigenvalue weighted by Gasteiger charge is 2.18. The van der Waals surface area contributed by atoms with Gasteiger partial charge in [0.05, 0.1) is 0 Å². The Labute approximate surface area is 66.4 Å². The number of nitrogens with one attached hydrogen (secondary N) is 1. The molecule has 0 aromatic heterocycles. The van der Waals surface area contributed by atoms with Gasteiger partial charge in [-0.05, 0) is 24.1 Å². The highest BCUT2D eigenvalue weighted by Crippen LogP contribution is 2.29. The average molecular weight is 148 g/mol. The molecule has 1 aliphatic heterocycles. The third kappa shape index (κ3) is 0.906. The number of hydrogen-bond acceptors (Lipinski definition) is 2. The van der Waals surface area contributed by atoms with E-state index in [1.807, 2.05) is 12.1 Å². The van der Waals surface area contributed by atoms with Crippen LogP contribution in [0.2, 0.25) is 0 Å². The first-order chi connectivity index (χ1) is 5.29. The fourth-order valence-electron chi connectivity index (χ4n) is 1.68. The van der Waals surface area contributed by atoms with Crippen molar-refractivity contribution in [3.05, 3.63) is 29.3 Å². The van der Waals surface area contributed by atoms with E-state index in [1.54, 1.807) is 0 Å². The second-order valence-corrected chi connectivity index (χ2v) is 3.02. The lowest BCUT2D eigenvalue weighted by Crippen LogP contribution is -2.08. The Morgan fingerprint density at radius 1 is 1.55 bits per heavy atom. The van der Waals surface area contributed by atoms with Gasteiger partial charge in [0.25, 0.3) is 0 Å². The molecule has 2 heteroatoms. The van der Waals surface area contributed by atoms with Gasteiger partial charge in [-0.25, -0.2) is 0 Å². The number of nitrogen functional groups attached to an aromatic ring is 1. The topological polar surface area (TPSA) is 38.0 Å². The van der Waals surface area contributed by atoms with Gasteiger partial charge in [0.2, 0.25) is 0 Å². The van der Waals surface area contributed by atoms with Crippen LogP contribution in [0.5, 0.6) is 0 Å². The van der Waals surface area contributed by atoms with Crippen molar-refractivity contribution in [2.75, 3.05) is 5.73 Å². The van der Waals surface area contributed by atoms with Crippen molar-refractivity contribution in [1.82, 2.24) is 5.32 Å². The molecule has 1 aromatic carbocycles. The zero-order valence-electron chi connectivity index (χ0n) is 6.59. The molecule has 2 rings (SSSR count). The van der Waals surface area contributed by atoms with Crippen molar-refractivity contribution in [2.45, 2.75) is 19.5 Å². The summed E-state index contributed by atoms with van der Waals surface area (Å²) in [7, 11) is 0. The minimum absolute atomic E-state index is 0.422. The third-order valence-corrected chi connectivity index (χ3v) is 2.26. The number of hydrogen-bond donors (Lipinski definition) is 2. The Kier molecular flexibility index (Phi) is 1.36. The molecule has 0 saturated carbocycles. The lowest BCUT2D eigenvalue weighted by atomic mass is 10.0. The summed E-state index contributed by atoms with van der Waals surface area (Å²) < 4.78 is 0. The smallest absolute Gasteiger partial charge is 0.0365 e. The van der Waals surface area contributed by atoms with Gasteiger partial charge in [-0.3, -0.25) is 0 Å². The van der Waals surface area contributed by atoms with Crippen LogP contribution in [0.25, 0.3) is 0 Å². The molecule has 1 aromatic rings. The Bertz CT molecular complexity index is 281. The Balaban J connectivity index is 2.58. The maximum Gasteiger partial charge on any atom is 0.0365 e. The lowest BCUT2D eigenvalue weighted by Gasteiger charge is -2.06. The second-order valence-electron chi connectivity index (χ2n) is 3.02. The Hall–Kier alpha value is -1.02. The number of rotatable bonds is 0. The van der Waals surface area contributed by atoms with E-state index in [2.05, 4.69) is 18.3 Å². The van der Waals surface area contributed by atoms with Crippen molar-refractivity contribution < 1.29 is 0 Å². The summed E-state index contributed by atoms with van der Waals surface area (Å²) in [5, 5.41) is 3.35. The summed E-state index contributed by atoms with van der Waals surface area (Å²) >= 11 is 0. The van der Waals surface area contributed by atoms with Crippen LogP contribution in [-0.4, -0.2) is 0 Å². The molecule has 3 N–H and O–H groups in total. The maximum absolute atomic E-state index is 5.82. The molecule has 0 bridgehead atoms. The fraction of sp³-hybridized carbons (Fsp3) is 0.333. The average Bonchev–Trinajstić information content (AvgIpc) is 2.34. The summed E-state index contributed by atoms with van der Waals surface area (Å²) in [6.45, 7) is 3.10. The van der Waals surface area contributed by atoms with Crippen molar-refractivity contribution in [2.24, 2.45) is 0 Å². The van der Waals surface area contributed by atoms with Gasteiger partial charge >= 0.3 is 0 Å². The molecule has 0 aliphatic carbocycles. The van der Waals surface area contributed by atoms with Gasteiger partial charge in [0.1, 0.15) is 0 Å². The number of anilines is 1. The minimum atomic E-state index is 0.422. The predicted molar refractivity (Wildman–Crippen MR) is 46.1 cm³/mol. The standard InChI is InChI=1S/C9H12N2/c1-6-9-7(5-11-6)3-2-4-8(9)10/h2-4,6,11H,5,10H2,1H3/t6-/m1/s1. The number of fused-ring (bicyclic) bond motifs is 1. The minimum Gasteiger partial charge on any atom is -0.398 e. The zero-order chi connectivity index (χ0) is 7.84. The molecule has 11 heavy (non-hydrogen) atoms. The van der Waals surface area contributed by atoms with Crippen molar-refractivity contribution in [3.8, 4) is 0 Å². The monoisotopic (exact) mass is 148 g/mol. The van der Waals surface area contributed by atoms with E-state index in [1.165, 1.54) is 11.1 Å². The van der Waals surface area contributed by atoms with Crippen LogP contribution in [0.3, 0.4) is 0 Å². The molecule has 0 saturated heterocycles. The summed E-state index contributed by atoms with van der Waals surface area (Å²) in [5.74, 6) is 0. The molecule has 0 radical (unpaired) electrons. The zero-order valence-corrected chi connectivity index (χ0v) is 6.59. The van der Waals surface area contributed by atoms with E-state index in [0.717, 1.165) is 12.2 Å². The molecule has 0 spiro atoms. The molecular formula is C9H12N2. The van der Waals surface area contributed by atoms with Crippen molar-refractivity contribution in [1.29, 1.82) is 0 Å². The van der Waals surface area contributed by atoms with E-state index in [4.69, 9.17) is 5.73 Å². The second kappa shape index (κ2) is 2.24. The quantitative estimate of drug-likeness (QED) is 0.546. The molecule has 1 heterocycles. The summed E-state index contributed by atoms with van der Waals surface area (Å²) in [6.07, 6.45) is 0. The molecule has 1 aliphatic rings. The third-order valence-electron chi connectivity index (χ3n) is 2.26. The van der Waals surface area contributed by atoms with Crippen LogP contribution >= 0.6 is 0 Å². The van der Waals surface area contributed by atoms with Gasteiger partial charge < -0.3 is 11.1 Å². The van der Waals surface area contributed by atoms with Gasteiger partial charge in [-0.15, -0.1) is 0 Å². The molecule has 0 fully saturated rings. The predicted octanol–water partition coefficient (Wildman–Crippen LogP) is 1.43. The highest BCUT2D eigenvalue weighted by atomic mass is 14.9. The van der Waals surface area contributed by atoms with Crippen LogP contribution in [0, 0.1) is 0 Å². The SMILES string of the molecule is C[C@H]1NCc2cccc(N)c21. The van der Waals surface area contributed by atoms with Gasteiger partial charge in [-0.1, -0.05) is 12.1 Å². The van der Waals surface area contributed by atoms with Crippen molar-refractivity contribution >= 4 is 5.69 Å². The first-order valence-corrected chi connectivity index (χ1v) is 3.89. The summed E-state index contributed by atoms with van der Waals surface area (Å²) in [6, 6.07) is 6.52. The first-order valence-electron chi connectivity index (χ1n) is 3.89. The number of benzene rings is 1. The maximum atomic E-state index is 5.82. The van der Waals surface area contributed by atoms with Crippen LogP contribution in [0.15, 0.2) is 18.2 Å². The van der Waals surface area contributed by atoms with Crippen LogP contribution in [0.4, 0.5) is 5.69 Å². The van der Waals surface area contributed by atoms with Crippen LogP contribution in [-0.2, 0) is 6.54 Å². The normalized spacial score (nSPS) is 21.7. The van der Waals surface area contributed by atoms with Gasteiger partial charge in [0.15, 0.2) is 0 Å². The summed E-state index contributed by atoms with van der Waals surface area (Å²) in [4.78, 5) is 0. The fourth-order valence-corrected chi connectivity index (χ4v) is 1.68. The van der Waals surface area contributed by atoms with E-state index in [0.29, 0.717) is 6.04 Å². The molecule has 0 amide bonds. The van der Waals surface area contributed by atoms with Gasteiger partial charge in [-0.2, -0.15) is 0 Å². The molecule has 0 unspecified atom stereocenters.